The molecule has 0 N–H and O–H groups in total. The van der Waals surface area contributed by atoms with Crippen LogP contribution in [-0.2, 0) is 31.7 Å². The highest BCUT2D eigenvalue weighted by Gasteiger charge is 2.24. The zero-order valence-electron chi connectivity index (χ0n) is 19.6. The summed E-state index contributed by atoms with van der Waals surface area (Å²) in [6.45, 7) is 3.90. The normalized spacial score (nSPS) is 13.2. The minimum atomic E-state index is -3.63. The van der Waals surface area contributed by atoms with Gasteiger partial charge in [0.1, 0.15) is 18.1 Å². The Kier molecular flexibility index (Phi) is 7.46. The second-order valence-corrected chi connectivity index (χ2v) is 10.6. The molecule has 0 unspecified atom stereocenters. The molecule has 0 aliphatic heterocycles. The summed E-state index contributed by atoms with van der Waals surface area (Å²) in [5, 5.41) is 1.46. The van der Waals surface area contributed by atoms with Crippen molar-refractivity contribution in [2.45, 2.75) is 37.1 Å². The summed E-state index contributed by atoms with van der Waals surface area (Å²) in [5.74, 6) is -0.712. The number of ether oxygens (including phenoxy) is 1. The first kappa shape index (κ1) is 24.4. The number of carbonyl (C=O) groups is 1. The molecule has 0 aliphatic rings. The van der Waals surface area contributed by atoms with Gasteiger partial charge in [-0.05, 0) is 41.1 Å². The monoisotopic (exact) mass is 489 g/mol. The van der Waals surface area contributed by atoms with E-state index in [4.69, 9.17) is 9.15 Å². The predicted octanol–water partition coefficient (Wildman–Crippen LogP) is 5.08. The third-order valence-corrected chi connectivity index (χ3v) is 7.18. The maximum Gasteiger partial charge on any atom is 0.331 e. The van der Waals surface area contributed by atoms with Gasteiger partial charge in [-0.3, -0.25) is 0 Å². The molecule has 7 heteroatoms. The molecule has 4 aromatic rings. The number of carbonyl (C=O) groups excluding carboxylic acids is 1. The molecule has 1 heterocycles. The lowest BCUT2D eigenvalue weighted by Crippen LogP contribution is -2.29. The lowest BCUT2D eigenvalue weighted by molar-refractivity contribution is -0.147. The van der Waals surface area contributed by atoms with Gasteiger partial charge in [-0.2, -0.15) is 0 Å². The number of hydrogen-bond acceptors (Lipinski definition) is 6. The fourth-order valence-corrected chi connectivity index (χ4v) is 4.93. The SMILES string of the molecule is CC(C)[C@H](N=c1oc(CS(=O)(=O)c2ccccc2)cc2ccccc12)C(=O)OCc1ccccc1. The van der Waals surface area contributed by atoms with Gasteiger partial charge in [0, 0.05) is 5.39 Å². The smallest absolute Gasteiger partial charge is 0.331 e. The van der Waals surface area contributed by atoms with Gasteiger partial charge in [0.15, 0.2) is 15.9 Å². The van der Waals surface area contributed by atoms with Crippen LogP contribution in [0.4, 0.5) is 0 Å². The first-order valence-electron chi connectivity index (χ1n) is 11.4. The molecule has 35 heavy (non-hydrogen) atoms. The van der Waals surface area contributed by atoms with Crippen molar-refractivity contribution in [3.05, 3.63) is 108 Å². The van der Waals surface area contributed by atoms with Crippen LogP contribution in [0.3, 0.4) is 0 Å². The van der Waals surface area contributed by atoms with Crippen LogP contribution >= 0.6 is 0 Å². The van der Waals surface area contributed by atoms with Crippen LogP contribution < -0.4 is 5.55 Å². The summed E-state index contributed by atoms with van der Waals surface area (Å²) in [5.41, 5.74) is 1.09. The van der Waals surface area contributed by atoms with Gasteiger partial charge < -0.3 is 9.15 Å². The standard InChI is InChI=1S/C28H27NO5S/c1-20(2)26(28(30)33-18-21-11-5-3-6-12-21)29-27-25-16-10-9-13-22(25)17-23(34-27)19-35(31,32)24-14-7-4-8-15-24/h3-17,20,26H,18-19H2,1-2H3/t26-/m0/s1. The van der Waals surface area contributed by atoms with Crippen LogP contribution in [0.5, 0.6) is 0 Å². The summed E-state index contributed by atoms with van der Waals surface area (Å²) in [6.07, 6.45) is 0. The number of fused-ring (bicyclic) bond motifs is 1. The lowest BCUT2D eigenvalue weighted by atomic mass is 10.1. The van der Waals surface area contributed by atoms with E-state index in [-0.39, 0.29) is 34.5 Å². The molecule has 1 aromatic heterocycles. The highest BCUT2D eigenvalue weighted by Crippen LogP contribution is 2.19. The van der Waals surface area contributed by atoms with E-state index < -0.39 is 21.8 Å². The van der Waals surface area contributed by atoms with E-state index in [0.29, 0.717) is 5.39 Å². The van der Waals surface area contributed by atoms with E-state index in [1.807, 2.05) is 68.4 Å². The number of nitrogens with zero attached hydrogens (tertiary/aromatic N) is 1. The molecule has 0 aliphatic carbocycles. The third-order valence-electron chi connectivity index (χ3n) is 5.52. The van der Waals surface area contributed by atoms with Gasteiger partial charge in [0.25, 0.3) is 0 Å². The van der Waals surface area contributed by atoms with Crippen molar-refractivity contribution in [2.24, 2.45) is 10.9 Å². The third kappa shape index (κ3) is 6.05. The number of hydrogen-bond donors (Lipinski definition) is 0. The molecule has 0 spiro atoms. The van der Waals surface area contributed by atoms with Gasteiger partial charge in [-0.25, -0.2) is 18.2 Å². The van der Waals surface area contributed by atoms with Crippen molar-refractivity contribution in [3.63, 3.8) is 0 Å². The predicted molar refractivity (Wildman–Crippen MR) is 134 cm³/mol. The molecule has 0 fully saturated rings. The molecule has 0 saturated heterocycles. The van der Waals surface area contributed by atoms with Crippen LogP contribution in [0.15, 0.2) is 105 Å². The summed E-state index contributed by atoms with van der Waals surface area (Å²) >= 11 is 0. The molecule has 6 nitrogen and oxygen atoms in total. The van der Waals surface area contributed by atoms with Crippen LogP contribution in [-0.4, -0.2) is 20.4 Å². The molecule has 3 aromatic carbocycles. The average Bonchev–Trinajstić information content (AvgIpc) is 2.86. The highest BCUT2D eigenvalue weighted by atomic mass is 32.2. The fourth-order valence-electron chi connectivity index (χ4n) is 3.68. The summed E-state index contributed by atoms with van der Waals surface area (Å²) in [6, 6.07) is 25.9. The first-order chi connectivity index (χ1) is 16.8. The van der Waals surface area contributed by atoms with Gasteiger partial charge in [0.05, 0.1) is 4.90 Å². The Morgan fingerprint density at radius 2 is 1.54 bits per heavy atom. The second-order valence-electron chi connectivity index (χ2n) is 8.59. The van der Waals surface area contributed by atoms with Gasteiger partial charge in [-0.15, -0.1) is 0 Å². The molecule has 0 bridgehead atoms. The first-order valence-corrected chi connectivity index (χ1v) is 13.0. The largest absolute Gasteiger partial charge is 0.459 e. The van der Waals surface area contributed by atoms with Crippen molar-refractivity contribution < 1.29 is 22.4 Å². The Labute approximate surface area is 204 Å². The average molecular weight is 490 g/mol. The fraction of sp³-hybridized carbons (Fsp3) is 0.214. The van der Waals surface area contributed by atoms with E-state index >= 15 is 0 Å². The van der Waals surface area contributed by atoms with Crippen molar-refractivity contribution in [3.8, 4) is 0 Å². The van der Waals surface area contributed by atoms with E-state index in [2.05, 4.69) is 4.99 Å². The lowest BCUT2D eigenvalue weighted by Gasteiger charge is -2.15. The number of benzene rings is 3. The summed E-state index contributed by atoms with van der Waals surface area (Å²) in [4.78, 5) is 17.8. The molecule has 0 radical (unpaired) electrons. The summed E-state index contributed by atoms with van der Waals surface area (Å²) in [7, 11) is -3.63. The summed E-state index contributed by atoms with van der Waals surface area (Å²) < 4.78 is 37.4. The Morgan fingerprint density at radius 1 is 0.914 bits per heavy atom. The molecule has 4 rings (SSSR count). The van der Waals surface area contributed by atoms with Crippen molar-refractivity contribution in [1.82, 2.24) is 0 Å². The van der Waals surface area contributed by atoms with E-state index in [1.165, 1.54) is 0 Å². The molecule has 1 atom stereocenters. The van der Waals surface area contributed by atoms with Crippen molar-refractivity contribution in [1.29, 1.82) is 0 Å². The van der Waals surface area contributed by atoms with Crippen LogP contribution in [0.2, 0.25) is 0 Å². The number of rotatable bonds is 8. The Hall–Kier alpha value is -3.71. The second kappa shape index (κ2) is 10.7. The zero-order chi connectivity index (χ0) is 24.8. The molecular weight excluding hydrogens is 462 g/mol. The highest BCUT2D eigenvalue weighted by molar-refractivity contribution is 7.90. The van der Waals surface area contributed by atoms with E-state index in [0.717, 1.165) is 10.9 Å². The molecule has 0 amide bonds. The van der Waals surface area contributed by atoms with Gasteiger partial charge in [-0.1, -0.05) is 80.6 Å². The van der Waals surface area contributed by atoms with Crippen LogP contribution in [0.1, 0.15) is 25.2 Å². The van der Waals surface area contributed by atoms with Crippen LogP contribution in [0.25, 0.3) is 10.8 Å². The van der Waals surface area contributed by atoms with Crippen molar-refractivity contribution in [2.75, 3.05) is 0 Å². The topological polar surface area (TPSA) is 85.9 Å². The minimum absolute atomic E-state index is 0.145. The van der Waals surface area contributed by atoms with E-state index in [1.54, 1.807) is 36.4 Å². The Bertz CT molecular complexity index is 1480. The number of esters is 1. The Morgan fingerprint density at radius 3 is 2.23 bits per heavy atom. The zero-order valence-corrected chi connectivity index (χ0v) is 20.4. The van der Waals surface area contributed by atoms with Crippen molar-refractivity contribution >= 4 is 26.6 Å². The van der Waals surface area contributed by atoms with Gasteiger partial charge >= 0.3 is 5.97 Å². The molecule has 180 valence electrons. The Balaban J connectivity index is 1.70. The molecule has 0 saturated carbocycles. The molecular formula is C28H27NO5S. The minimum Gasteiger partial charge on any atom is -0.459 e. The van der Waals surface area contributed by atoms with Gasteiger partial charge in [0.2, 0.25) is 5.55 Å². The van der Waals surface area contributed by atoms with E-state index in [9.17, 15) is 13.2 Å². The quantitative estimate of drug-likeness (QED) is 0.322. The van der Waals surface area contributed by atoms with Crippen LogP contribution in [0, 0.1) is 5.92 Å². The number of sulfone groups is 1. The maximum atomic E-state index is 12.9. The maximum absolute atomic E-state index is 12.9.